The van der Waals surface area contributed by atoms with E-state index in [9.17, 15) is 14.9 Å². The van der Waals surface area contributed by atoms with E-state index < -0.39 is 10.8 Å². The largest absolute Gasteiger partial charge is 0.486 e. The van der Waals surface area contributed by atoms with Crippen molar-refractivity contribution in [3.8, 4) is 11.5 Å². The molecule has 2 N–H and O–H groups in total. The summed E-state index contributed by atoms with van der Waals surface area (Å²) in [5.74, 6) is 0.543. The molecule has 132 valence electrons. The highest BCUT2D eigenvalue weighted by Crippen LogP contribution is 2.36. The maximum Gasteiger partial charge on any atom is 0.286 e. The normalized spacial score (nSPS) is 12.8. The molecule has 9 heteroatoms. The Labute approximate surface area is 147 Å². The number of carbonyl (C=O) groups excluding carboxylic acids is 1. The number of nitro benzene ring substituents is 1. The summed E-state index contributed by atoms with van der Waals surface area (Å²) in [6.45, 7) is 0.742. The van der Waals surface area contributed by atoms with Gasteiger partial charge in [-0.25, -0.2) is 4.98 Å². The molecule has 0 spiro atoms. The first-order valence-electron chi connectivity index (χ1n) is 7.91. The molecule has 1 amide bonds. The zero-order chi connectivity index (χ0) is 18.1. The van der Waals surface area contributed by atoms with E-state index in [-0.39, 0.29) is 23.5 Å². The van der Waals surface area contributed by atoms with Crippen LogP contribution in [0.2, 0.25) is 0 Å². The maximum atomic E-state index is 12.5. The summed E-state index contributed by atoms with van der Waals surface area (Å²) in [6, 6.07) is 10.0. The van der Waals surface area contributed by atoms with Crippen LogP contribution in [0.25, 0.3) is 11.0 Å². The molecule has 0 bridgehead atoms. The molecule has 9 nitrogen and oxygen atoms in total. The Morgan fingerprint density at radius 1 is 1.23 bits per heavy atom. The third-order valence-electron chi connectivity index (χ3n) is 3.96. The van der Waals surface area contributed by atoms with Gasteiger partial charge in [-0.15, -0.1) is 0 Å². The molecular weight excluding hydrogens is 340 g/mol. The van der Waals surface area contributed by atoms with Crippen LogP contribution in [0.3, 0.4) is 0 Å². The van der Waals surface area contributed by atoms with E-state index in [0.717, 1.165) is 11.0 Å². The van der Waals surface area contributed by atoms with Gasteiger partial charge in [-0.05, 0) is 12.1 Å². The van der Waals surface area contributed by atoms with Crippen molar-refractivity contribution in [2.24, 2.45) is 0 Å². The van der Waals surface area contributed by atoms with Crippen LogP contribution in [0.1, 0.15) is 16.2 Å². The Morgan fingerprint density at radius 3 is 2.69 bits per heavy atom. The van der Waals surface area contributed by atoms with E-state index >= 15 is 0 Å². The number of benzene rings is 2. The van der Waals surface area contributed by atoms with Gasteiger partial charge in [0.15, 0.2) is 11.5 Å². The lowest BCUT2D eigenvalue weighted by atomic mass is 10.1. The van der Waals surface area contributed by atoms with Crippen LogP contribution in [0.15, 0.2) is 36.4 Å². The first-order chi connectivity index (χ1) is 12.6. The van der Waals surface area contributed by atoms with Crippen molar-refractivity contribution < 1.29 is 19.2 Å². The van der Waals surface area contributed by atoms with Crippen molar-refractivity contribution in [3.63, 3.8) is 0 Å². The highest BCUT2D eigenvalue weighted by Gasteiger charge is 2.26. The van der Waals surface area contributed by atoms with Crippen molar-refractivity contribution in [2.75, 3.05) is 13.2 Å². The number of imidazole rings is 1. The molecule has 26 heavy (non-hydrogen) atoms. The number of carbonyl (C=O) groups is 1. The number of amides is 1. The van der Waals surface area contributed by atoms with Gasteiger partial charge in [0.2, 0.25) is 0 Å². The van der Waals surface area contributed by atoms with Crippen LogP contribution in [-0.4, -0.2) is 34.0 Å². The van der Waals surface area contributed by atoms with Gasteiger partial charge in [-0.3, -0.25) is 14.9 Å². The minimum Gasteiger partial charge on any atom is -0.486 e. The molecule has 0 atom stereocenters. The smallest absolute Gasteiger partial charge is 0.286 e. The highest BCUT2D eigenvalue weighted by atomic mass is 16.6. The van der Waals surface area contributed by atoms with E-state index in [0.29, 0.717) is 24.8 Å². The zero-order valence-corrected chi connectivity index (χ0v) is 13.5. The molecule has 1 aliphatic rings. The van der Waals surface area contributed by atoms with Gasteiger partial charge in [0.1, 0.15) is 24.6 Å². The Balaban J connectivity index is 1.58. The van der Waals surface area contributed by atoms with Crippen LogP contribution in [0.4, 0.5) is 5.69 Å². The quantitative estimate of drug-likeness (QED) is 0.547. The average Bonchev–Trinajstić information content (AvgIpc) is 3.08. The second kappa shape index (κ2) is 6.36. The summed E-state index contributed by atoms with van der Waals surface area (Å²) in [5, 5.41) is 14.0. The molecule has 0 fully saturated rings. The molecule has 2 aromatic carbocycles. The number of H-pyrrole nitrogens is 1. The summed E-state index contributed by atoms with van der Waals surface area (Å²) in [5.41, 5.74) is 1.20. The highest BCUT2D eigenvalue weighted by molar-refractivity contribution is 5.99. The van der Waals surface area contributed by atoms with Crippen LogP contribution in [-0.2, 0) is 6.54 Å². The number of ether oxygens (including phenoxy) is 2. The second-order valence-electron chi connectivity index (χ2n) is 5.65. The molecule has 0 aliphatic carbocycles. The summed E-state index contributed by atoms with van der Waals surface area (Å²) < 4.78 is 10.7. The van der Waals surface area contributed by atoms with Gasteiger partial charge < -0.3 is 19.8 Å². The van der Waals surface area contributed by atoms with Crippen LogP contribution in [0.5, 0.6) is 11.5 Å². The predicted octanol–water partition coefficient (Wildman–Crippen LogP) is 2.17. The third kappa shape index (κ3) is 2.90. The van der Waals surface area contributed by atoms with Crippen LogP contribution >= 0.6 is 0 Å². The summed E-state index contributed by atoms with van der Waals surface area (Å²) in [6.07, 6.45) is 0. The predicted molar refractivity (Wildman–Crippen MR) is 91.4 cm³/mol. The Kier molecular flexibility index (Phi) is 3.88. The number of rotatable bonds is 4. The molecule has 2 heterocycles. The molecule has 0 saturated heterocycles. The fraction of sp³-hybridized carbons (Fsp3) is 0.176. The standard InChI is InChI=1S/C17H14N4O5/c22-17(18-9-16-19-11-3-1-2-4-12(11)20-16)10-7-14-15(26-6-5-25-14)8-13(10)21(23)24/h1-4,7-8H,5-6,9H2,(H,18,22)(H,19,20). The maximum absolute atomic E-state index is 12.5. The molecule has 0 saturated carbocycles. The van der Waals surface area contributed by atoms with Crippen molar-refractivity contribution >= 4 is 22.6 Å². The van der Waals surface area contributed by atoms with Crippen LogP contribution in [0, 0.1) is 10.1 Å². The van der Waals surface area contributed by atoms with Gasteiger partial charge in [0.05, 0.1) is 28.6 Å². The van der Waals surface area contributed by atoms with E-state index in [2.05, 4.69) is 15.3 Å². The Hall–Kier alpha value is -3.62. The lowest BCUT2D eigenvalue weighted by Crippen LogP contribution is -2.25. The molecule has 4 rings (SSSR count). The first-order valence-corrected chi connectivity index (χ1v) is 7.91. The van der Waals surface area contributed by atoms with Crippen LogP contribution < -0.4 is 14.8 Å². The fourth-order valence-corrected chi connectivity index (χ4v) is 2.76. The van der Waals surface area contributed by atoms with Gasteiger partial charge in [0.25, 0.3) is 11.6 Å². The fourth-order valence-electron chi connectivity index (χ4n) is 2.76. The minimum atomic E-state index is -0.617. The Morgan fingerprint density at radius 2 is 1.96 bits per heavy atom. The van der Waals surface area contributed by atoms with Crippen molar-refractivity contribution in [1.29, 1.82) is 0 Å². The minimum absolute atomic E-state index is 0.0876. The third-order valence-corrected chi connectivity index (χ3v) is 3.96. The van der Waals surface area contributed by atoms with E-state index in [1.165, 1.54) is 12.1 Å². The number of nitro groups is 1. The number of fused-ring (bicyclic) bond motifs is 2. The number of aromatic nitrogens is 2. The van der Waals surface area contributed by atoms with E-state index in [1.807, 2.05) is 24.3 Å². The second-order valence-corrected chi connectivity index (χ2v) is 5.65. The van der Waals surface area contributed by atoms with Gasteiger partial charge in [-0.2, -0.15) is 0 Å². The molecule has 1 aliphatic heterocycles. The summed E-state index contributed by atoms with van der Waals surface area (Å²) >= 11 is 0. The number of aromatic amines is 1. The van der Waals surface area contributed by atoms with Gasteiger partial charge in [-0.1, -0.05) is 12.1 Å². The number of hydrogen-bond acceptors (Lipinski definition) is 6. The number of nitrogens with zero attached hydrogens (tertiary/aromatic N) is 2. The number of para-hydroxylation sites is 2. The van der Waals surface area contributed by atoms with Crippen molar-refractivity contribution in [2.45, 2.75) is 6.54 Å². The SMILES string of the molecule is O=C(NCc1nc2ccccc2[nH]1)c1cc2c(cc1[N+](=O)[O-])OCCO2. The molecule has 3 aromatic rings. The first kappa shape index (κ1) is 15.9. The van der Waals surface area contributed by atoms with Gasteiger partial charge >= 0.3 is 0 Å². The lowest BCUT2D eigenvalue weighted by Gasteiger charge is -2.18. The molecular formula is C17H14N4O5. The van der Waals surface area contributed by atoms with Crippen molar-refractivity contribution in [3.05, 3.63) is 57.9 Å². The summed E-state index contributed by atoms with van der Waals surface area (Å²) in [7, 11) is 0. The lowest BCUT2D eigenvalue weighted by molar-refractivity contribution is -0.385. The monoisotopic (exact) mass is 354 g/mol. The Bertz CT molecular complexity index is 981. The van der Waals surface area contributed by atoms with Gasteiger partial charge in [0, 0.05) is 6.07 Å². The molecule has 1 aromatic heterocycles. The zero-order valence-electron chi connectivity index (χ0n) is 13.5. The van der Waals surface area contributed by atoms with Crippen molar-refractivity contribution in [1.82, 2.24) is 15.3 Å². The molecule has 0 radical (unpaired) electrons. The van der Waals surface area contributed by atoms with E-state index in [4.69, 9.17) is 9.47 Å². The average molecular weight is 354 g/mol. The summed E-state index contributed by atoms with van der Waals surface area (Å²) in [4.78, 5) is 30.6. The van der Waals surface area contributed by atoms with E-state index in [1.54, 1.807) is 0 Å². The number of nitrogens with one attached hydrogen (secondary N) is 2. The molecule has 0 unspecified atom stereocenters. The number of hydrogen-bond donors (Lipinski definition) is 2. The topological polar surface area (TPSA) is 119 Å².